The Labute approximate surface area is 87.6 Å². The fraction of sp³-hybridized carbons (Fsp3) is 0.455. The minimum Gasteiger partial charge on any atom is -0.481 e. The van der Waals surface area contributed by atoms with Gasteiger partial charge >= 0.3 is 5.97 Å². The Morgan fingerprint density at radius 1 is 1.53 bits per heavy atom. The number of hydrogen-bond acceptors (Lipinski definition) is 3. The van der Waals surface area contributed by atoms with Crippen molar-refractivity contribution in [3.05, 3.63) is 29.6 Å². The van der Waals surface area contributed by atoms with Crippen LogP contribution in [0.4, 0.5) is 0 Å². The average Bonchev–Trinajstić information content (AvgIpc) is 2.12. The van der Waals surface area contributed by atoms with Gasteiger partial charge < -0.3 is 10.2 Å². The molecule has 0 unspecified atom stereocenters. The summed E-state index contributed by atoms with van der Waals surface area (Å²) >= 11 is 0. The van der Waals surface area contributed by atoms with Gasteiger partial charge in [-0.1, -0.05) is 6.07 Å². The van der Waals surface area contributed by atoms with Gasteiger partial charge in [-0.2, -0.15) is 0 Å². The highest BCUT2D eigenvalue weighted by molar-refractivity contribution is 5.71. The summed E-state index contributed by atoms with van der Waals surface area (Å²) < 4.78 is 0. The Hall–Kier alpha value is -1.42. The number of rotatable bonds is 2. The number of aliphatic hydroxyl groups is 1. The molecule has 0 aromatic carbocycles. The molecular formula is C11H13NO3. The Morgan fingerprint density at radius 2 is 2.20 bits per heavy atom. The first-order chi connectivity index (χ1) is 7.01. The molecule has 2 rings (SSSR count). The maximum atomic E-state index is 10.6. The molecule has 15 heavy (non-hydrogen) atoms. The smallest absolute Gasteiger partial charge is 0.306 e. The molecule has 1 aliphatic rings. The van der Waals surface area contributed by atoms with E-state index in [9.17, 15) is 9.90 Å². The summed E-state index contributed by atoms with van der Waals surface area (Å²) in [5, 5.41) is 18.9. The van der Waals surface area contributed by atoms with Crippen molar-refractivity contribution in [3.63, 3.8) is 0 Å². The predicted octanol–water partition coefficient (Wildman–Crippen LogP) is 1.07. The molecule has 1 fully saturated rings. The van der Waals surface area contributed by atoms with E-state index in [-0.39, 0.29) is 12.8 Å². The van der Waals surface area contributed by atoms with Gasteiger partial charge in [-0.15, -0.1) is 0 Å². The Morgan fingerprint density at radius 3 is 2.73 bits per heavy atom. The lowest BCUT2D eigenvalue weighted by atomic mass is 9.67. The van der Waals surface area contributed by atoms with Gasteiger partial charge in [0.1, 0.15) is 0 Å². The van der Waals surface area contributed by atoms with E-state index in [0.717, 1.165) is 11.1 Å². The molecule has 1 aliphatic carbocycles. The lowest BCUT2D eigenvalue weighted by Gasteiger charge is -2.41. The molecule has 0 bridgehead atoms. The number of aromatic nitrogens is 1. The van der Waals surface area contributed by atoms with Crippen LogP contribution in [0.25, 0.3) is 0 Å². The minimum absolute atomic E-state index is 0.285. The second kappa shape index (κ2) is 3.31. The second-order valence-corrected chi connectivity index (χ2v) is 4.23. The molecule has 0 aliphatic heterocycles. The van der Waals surface area contributed by atoms with E-state index in [0.29, 0.717) is 0 Å². The van der Waals surface area contributed by atoms with E-state index in [2.05, 4.69) is 4.98 Å². The first-order valence-corrected chi connectivity index (χ1v) is 4.88. The number of carbonyl (C=O) groups is 1. The van der Waals surface area contributed by atoms with Crippen LogP contribution < -0.4 is 0 Å². The summed E-state index contributed by atoms with van der Waals surface area (Å²) in [7, 11) is 0. The van der Waals surface area contributed by atoms with E-state index in [1.807, 2.05) is 13.0 Å². The highest BCUT2D eigenvalue weighted by atomic mass is 16.4. The van der Waals surface area contributed by atoms with Crippen LogP contribution in [0.5, 0.6) is 0 Å². The van der Waals surface area contributed by atoms with E-state index in [4.69, 9.17) is 5.11 Å². The molecule has 0 amide bonds. The minimum atomic E-state index is -0.984. The first-order valence-electron chi connectivity index (χ1n) is 4.88. The molecular weight excluding hydrogens is 194 g/mol. The van der Waals surface area contributed by atoms with Crippen LogP contribution >= 0.6 is 0 Å². The summed E-state index contributed by atoms with van der Waals surface area (Å²) in [5.74, 6) is -1.25. The van der Waals surface area contributed by atoms with Crippen molar-refractivity contribution in [2.45, 2.75) is 25.4 Å². The molecule has 4 nitrogen and oxygen atoms in total. The van der Waals surface area contributed by atoms with Crippen LogP contribution in [0.1, 0.15) is 24.0 Å². The van der Waals surface area contributed by atoms with Crippen LogP contribution in [-0.4, -0.2) is 21.2 Å². The maximum absolute atomic E-state index is 10.6. The molecule has 1 heterocycles. The van der Waals surface area contributed by atoms with E-state index in [1.165, 1.54) is 0 Å². The molecule has 80 valence electrons. The monoisotopic (exact) mass is 207 g/mol. The largest absolute Gasteiger partial charge is 0.481 e. The summed E-state index contributed by atoms with van der Waals surface area (Å²) in [6.07, 6.45) is 3.88. The van der Waals surface area contributed by atoms with Crippen molar-refractivity contribution in [1.82, 2.24) is 4.98 Å². The van der Waals surface area contributed by atoms with Crippen molar-refractivity contribution in [3.8, 4) is 0 Å². The number of nitrogens with zero attached hydrogens (tertiary/aromatic N) is 1. The average molecular weight is 207 g/mol. The van der Waals surface area contributed by atoms with Gasteiger partial charge in [0.25, 0.3) is 0 Å². The zero-order valence-corrected chi connectivity index (χ0v) is 8.47. The van der Waals surface area contributed by atoms with Gasteiger partial charge in [0.15, 0.2) is 0 Å². The molecule has 1 aromatic rings. The number of carboxylic acids is 1. The van der Waals surface area contributed by atoms with Gasteiger partial charge in [0, 0.05) is 18.0 Å². The highest BCUT2D eigenvalue weighted by Crippen LogP contribution is 2.45. The number of pyridine rings is 1. The third kappa shape index (κ3) is 1.72. The predicted molar refractivity (Wildman–Crippen MR) is 53.2 cm³/mol. The van der Waals surface area contributed by atoms with Crippen LogP contribution in [0.3, 0.4) is 0 Å². The normalized spacial score (nSPS) is 29.6. The summed E-state index contributed by atoms with van der Waals surface area (Å²) in [4.78, 5) is 14.6. The Bertz CT molecular complexity index is 397. The molecule has 0 saturated heterocycles. The third-order valence-corrected chi connectivity index (χ3v) is 2.93. The topological polar surface area (TPSA) is 70.4 Å². The fourth-order valence-electron chi connectivity index (χ4n) is 1.98. The second-order valence-electron chi connectivity index (χ2n) is 4.23. The summed E-state index contributed by atoms with van der Waals surface area (Å²) in [6, 6.07) is 1.85. The van der Waals surface area contributed by atoms with Crippen LogP contribution in [0.2, 0.25) is 0 Å². The molecule has 1 saturated carbocycles. The van der Waals surface area contributed by atoms with Crippen molar-refractivity contribution in [2.75, 3.05) is 0 Å². The number of carboxylic acid groups (broad SMARTS) is 1. The fourth-order valence-corrected chi connectivity index (χ4v) is 1.98. The number of hydrogen-bond donors (Lipinski definition) is 2. The van der Waals surface area contributed by atoms with Crippen molar-refractivity contribution < 1.29 is 15.0 Å². The third-order valence-electron chi connectivity index (χ3n) is 2.93. The molecule has 0 atom stereocenters. The van der Waals surface area contributed by atoms with E-state index in [1.54, 1.807) is 12.4 Å². The Balaban J connectivity index is 2.16. The maximum Gasteiger partial charge on any atom is 0.306 e. The molecule has 1 aromatic heterocycles. The van der Waals surface area contributed by atoms with Gasteiger partial charge in [-0.3, -0.25) is 9.78 Å². The molecule has 0 radical (unpaired) electrons. The molecule has 2 N–H and O–H groups in total. The van der Waals surface area contributed by atoms with Gasteiger partial charge in [-0.25, -0.2) is 0 Å². The van der Waals surface area contributed by atoms with Gasteiger partial charge in [0.2, 0.25) is 0 Å². The zero-order valence-electron chi connectivity index (χ0n) is 8.47. The van der Waals surface area contributed by atoms with E-state index < -0.39 is 17.5 Å². The molecule has 0 spiro atoms. The SMILES string of the molecule is Cc1cncc(C2(O)CC(C(=O)O)C2)c1. The van der Waals surface area contributed by atoms with Gasteiger partial charge in [-0.05, 0) is 25.3 Å². The lowest BCUT2D eigenvalue weighted by Crippen LogP contribution is -2.44. The van der Waals surface area contributed by atoms with Crippen molar-refractivity contribution in [1.29, 1.82) is 0 Å². The summed E-state index contributed by atoms with van der Waals surface area (Å²) in [6.45, 7) is 1.90. The van der Waals surface area contributed by atoms with Crippen LogP contribution in [0, 0.1) is 12.8 Å². The molecule has 4 heteroatoms. The number of aliphatic carboxylic acids is 1. The van der Waals surface area contributed by atoms with E-state index >= 15 is 0 Å². The van der Waals surface area contributed by atoms with Crippen molar-refractivity contribution in [2.24, 2.45) is 5.92 Å². The Kier molecular flexibility index (Phi) is 2.23. The highest BCUT2D eigenvalue weighted by Gasteiger charge is 2.47. The van der Waals surface area contributed by atoms with Crippen LogP contribution in [-0.2, 0) is 10.4 Å². The summed E-state index contributed by atoms with van der Waals surface area (Å²) in [5.41, 5.74) is 0.710. The van der Waals surface area contributed by atoms with Gasteiger partial charge in [0.05, 0.1) is 11.5 Å². The zero-order chi connectivity index (χ0) is 11.1. The number of aryl methyl sites for hydroxylation is 1. The first kappa shape index (κ1) is 10.1. The lowest BCUT2D eigenvalue weighted by molar-refractivity contribution is -0.159. The standard InChI is InChI=1S/C11H13NO3/c1-7-2-9(6-12-5-7)11(15)3-8(4-11)10(13)14/h2,5-6,8,15H,3-4H2,1H3,(H,13,14). The van der Waals surface area contributed by atoms with Crippen LogP contribution in [0.15, 0.2) is 18.5 Å². The van der Waals surface area contributed by atoms with Crippen molar-refractivity contribution >= 4 is 5.97 Å². The quantitative estimate of drug-likeness (QED) is 0.761.